The van der Waals surface area contributed by atoms with Crippen molar-refractivity contribution >= 4 is 5.82 Å². The number of nitrogens with one attached hydrogen (secondary N) is 2. The fraction of sp³-hybridized carbons (Fsp3) is 0.500. The molecule has 0 aliphatic heterocycles. The first-order chi connectivity index (χ1) is 9.43. The van der Waals surface area contributed by atoms with Crippen molar-refractivity contribution in [2.45, 2.75) is 38.5 Å². The minimum Gasteiger partial charge on any atom is -0.369 e. The SMILES string of the molecule is c1nc2c(c(NCCc3cnc[nH]3)n1)CCCCC2. The number of fused-ring (bicyclic) bond motifs is 1. The molecule has 0 radical (unpaired) electrons. The molecule has 2 aromatic rings. The molecular formula is C14H19N5. The average Bonchev–Trinajstić information content (AvgIpc) is 2.82. The fourth-order valence-corrected chi connectivity index (χ4v) is 2.59. The van der Waals surface area contributed by atoms with Crippen molar-refractivity contribution in [2.24, 2.45) is 0 Å². The lowest BCUT2D eigenvalue weighted by atomic mass is 10.1. The monoisotopic (exact) mass is 257 g/mol. The highest BCUT2D eigenvalue weighted by molar-refractivity contribution is 5.46. The van der Waals surface area contributed by atoms with Crippen molar-refractivity contribution in [3.8, 4) is 0 Å². The van der Waals surface area contributed by atoms with Crippen LogP contribution in [0.3, 0.4) is 0 Å². The second-order valence-electron chi connectivity index (χ2n) is 4.96. The van der Waals surface area contributed by atoms with Crippen LogP contribution in [0.4, 0.5) is 5.82 Å². The first-order valence-electron chi connectivity index (χ1n) is 6.97. The molecule has 2 N–H and O–H groups in total. The molecule has 1 aliphatic rings. The fourth-order valence-electron chi connectivity index (χ4n) is 2.59. The minimum absolute atomic E-state index is 0.867. The molecule has 5 nitrogen and oxygen atoms in total. The van der Waals surface area contributed by atoms with Gasteiger partial charge in [0.1, 0.15) is 12.1 Å². The molecule has 0 saturated heterocycles. The summed E-state index contributed by atoms with van der Waals surface area (Å²) in [7, 11) is 0. The van der Waals surface area contributed by atoms with Crippen molar-refractivity contribution in [1.82, 2.24) is 19.9 Å². The second kappa shape index (κ2) is 5.82. The zero-order valence-corrected chi connectivity index (χ0v) is 11.0. The smallest absolute Gasteiger partial charge is 0.132 e. The minimum atomic E-state index is 0.867. The lowest BCUT2D eigenvalue weighted by Gasteiger charge is -2.11. The molecule has 5 heteroatoms. The van der Waals surface area contributed by atoms with Gasteiger partial charge in [0, 0.05) is 36.1 Å². The number of hydrogen-bond acceptors (Lipinski definition) is 4. The van der Waals surface area contributed by atoms with Crippen LogP contribution in [0, 0.1) is 0 Å². The zero-order chi connectivity index (χ0) is 12.9. The van der Waals surface area contributed by atoms with Crippen molar-refractivity contribution in [3.63, 3.8) is 0 Å². The van der Waals surface area contributed by atoms with E-state index in [1.54, 1.807) is 12.7 Å². The van der Waals surface area contributed by atoms with Crippen LogP contribution in [-0.4, -0.2) is 26.5 Å². The van der Waals surface area contributed by atoms with Crippen LogP contribution >= 0.6 is 0 Å². The molecule has 0 amide bonds. The van der Waals surface area contributed by atoms with Gasteiger partial charge in [0.25, 0.3) is 0 Å². The van der Waals surface area contributed by atoms with Gasteiger partial charge in [0.15, 0.2) is 0 Å². The van der Waals surface area contributed by atoms with Gasteiger partial charge in [-0.15, -0.1) is 0 Å². The summed E-state index contributed by atoms with van der Waals surface area (Å²) < 4.78 is 0. The van der Waals surface area contributed by atoms with E-state index in [1.807, 2.05) is 6.20 Å². The molecular weight excluding hydrogens is 238 g/mol. The summed E-state index contributed by atoms with van der Waals surface area (Å²) in [5.74, 6) is 1.02. The molecule has 0 aromatic carbocycles. The molecule has 0 spiro atoms. The molecule has 100 valence electrons. The molecule has 1 aliphatic carbocycles. The predicted molar refractivity (Wildman–Crippen MR) is 74.1 cm³/mol. The molecule has 3 rings (SSSR count). The Balaban J connectivity index is 1.67. The highest BCUT2D eigenvalue weighted by Crippen LogP contribution is 2.23. The van der Waals surface area contributed by atoms with Gasteiger partial charge >= 0.3 is 0 Å². The lowest BCUT2D eigenvalue weighted by molar-refractivity contribution is 0.708. The Morgan fingerprint density at radius 2 is 2.11 bits per heavy atom. The van der Waals surface area contributed by atoms with E-state index < -0.39 is 0 Å². The Hall–Kier alpha value is -1.91. The van der Waals surface area contributed by atoms with Crippen LogP contribution in [0.2, 0.25) is 0 Å². The Kier molecular flexibility index (Phi) is 3.72. The standard InChI is InChI=1S/C14H19N5/c1-2-4-12-13(5-3-1)18-10-19-14(12)16-7-6-11-8-15-9-17-11/h8-10H,1-7H2,(H,15,17)(H,16,18,19). The van der Waals surface area contributed by atoms with E-state index in [-0.39, 0.29) is 0 Å². The third-order valence-corrected chi connectivity index (χ3v) is 3.62. The molecule has 0 unspecified atom stereocenters. The van der Waals surface area contributed by atoms with Crippen molar-refractivity contribution in [3.05, 3.63) is 35.8 Å². The summed E-state index contributed by atoms with van der Waals surface area (Å²) in [6.45, 7) is 0.867. The first kappa shape index (κ1) is 12.1. The van der Waals surface area contributed by atoms with Crippen LogP contribution in [0.25, 0.3) is 0 Å². The largest absolute Gasteiger partial charge is 0.369 e. The van der Waals surface area contributed by atoms with Crippen LogP contribution in [0.15, 0.2) is 18.9 Å². The van der Waals surface area contributed by atoms with Gasteiger partial charge in [-0.25, -0.2) is 15.0 Å². The molecule has 2 aromatic heterocycles. The van der Waals surface area contributed by atoms with Gasteiger partial charge in [0.05, 0.1) is 6.33 Å². The summed E-state index contributed by atoms with van der Waals surface area (Å²) in [4.78, 5) is 16.0. The van der Waals surface area contributed by atoms with E-state index in [9.17, 15) is 0 Å². The van der Waals surface area contributed by atoms with E-state index in [0.717, 1.165) is 37.3 Å². The number of hydrogen-bond donors (Lipinski definition) is 2. The number of aromatic nitrogens is 4. The van der Waals surface area contributed by atoms with E-state index in [0.29, 0.717) is 0 Å². The number of imidazole rings is 1. The number of H-pyrrole nitrogens is 1. The maximum atomic E-state index is 4.43. The summed E-state index contributed by atoms with van der Waals surface area (Å²) in [5.41, 5.74) is 3.70. The topological polar surface area (TPSA) is 66.5 Å². The van der Waals surface area contributed by atoms with Gasteiger partial charge < -0.3 is 10.3 Å². The van der Waals surface area contributed by atoms with E-state index in [4.69, 9.17) is 0 Å². The number of nitrogens with zero attached hydrogens (tertiary/aromatic N) is 3. The third kappa shape index (κ3) is 2.92. The van der Waals surface area contributed by atoms with Gasteiger partial charge in [-0.05, 0) is 25.7 Å². The van der Waals surface area contributed by atoms with E-state index in [2.05, 4.69) is 25.3 Å². The van der Waals surface area contributed by atoms with Crippen LogP contribution in [0.1, 0.15) is 36.2 Å². The molecule has 0 bridgehead atoms. The summed E-state index contributed by atoms with van der Waals surface area (Å²) in [6, 6.07) is 0. The molecule has 19 heavy (non-hydrogen) atoms. The quantitative estimate of drug-likeness (QED) is 0.823. The highest BCUT2D eigenvalue weighted by Gasteiger charge is 2.13. The van der Waals surface area contributed by atoms with E-state index >= 15 is 0 Å². The Morgan fingerprint density at radius 1 is 1.16 bits per heavy atom. The highest BCUT2D eigenvalue weighted by atomic mass is 15.0. The summed E-state index contributed by atoms with van der Waals surface area (Å²) in [5, 5.41) is 3.44. The maximum Gasteiger partial charge on any atom is 0.132 e. The van der Waals surface area contributed by atoms with Crippen molar-refractivity contribution < 1.29 is 0 Å². The number of anilines is 1. The van der Waals surface area contributed by atoms with Crippen LogP contribution in [0.5, 0.6) is 0 Å². The van der Waals surface area contributed by atoms with Gasteiger partial charge in [0.2, 0.25) is 0 Å². The Morgan fingerprint density at radius 3 is 3.00 bits per heavy atom. The number of rotatable bonds is 4. The predicted octanol–water partition coefficient (Wildman–Crippen LogP) is 2.12. The normalized spacial score (nSPS) is 14.7. The molecule has 0 atom stereocenters. The average molecular weight is 257 g/mol. The van der Waals surface area contributed by atoms with Gasteiger partial charge in [-0.3, -0.25) is 0 Å². The maximum absolute atomic E-state index is 4.43. The van der Waals surface area contributed by atoms with E-state index in [1.165, 1.54) is 30.5 Å². The molecule has 2 heterocycles. The van der Waals surface area contributed by atoms with Crippen molar-refractivity contribution in [2.75, 3.05) is 11.9 Å². The van der Waals surface area contributed by atoms with Gasteiger partial charge in [-0.1, -0.05) is 6.42 Å². The third-order valence-electron chi connectivity index (χ3n) is 3.62. The Bertz CT molecular complexity index is 521. The Labute approximate surface area is 112 Å². The van der Waals surface area contributed by atoms with Crippen LogP contribution < -0.4 is 5.32 Å². The number of aryl methyl sites for hydroxylation is 1. The second-order valence-corrected chi connectivity index (χ2v) is 4.96. The molecule has 0 saturated carbocycles. The first-order valence-corrected chi connectivity index (χ1v) is 6.97. The van der Waals surface area contributed by atoms with Gasteiger partial charge in [-0.2, -0.15) is 0 Å². The molecule has 0 fully saturated rings. The lowest BCUT2D eigenvalue weighted by Crippen LogP contribution is -2.11. The number of aromatic amines is 1. The summed E-state index contributed by atoms with van der Waals surface area (Å²) in [6.07, 6.45) is 12.2. The van der Waals surface area contributed by atoms with Crippen LogP contribution in [-0.2, 0) is 19.3 Å². The summed E-state index contributed by atoms with van der Waals surface area (Å²) >= 11 is 0. The van der Waals surface area contributed by atoms with Crippen molar-refractivity contribution in [1.29, 1.82) is 0 Å². The zero-order valence-electron chi connectivity index (χ0n) is 11.0.